The fourth-order valence-corrected chi connectivity index (χ4v) is 3.63. The van der Waals surface area contributed by atoms with Crippen LogP contribution >= 0.6 is 11.3 Å². The van der Waals surface area contributed by atoms with Crippen LogP contribution < -0.4 is 19.7 Å². The maximum absolute atomic E-state index is 12.8. The minimum Gasteiger partial charge on any atom is -0.486 e. The zero-order valence-electron chi connectivity index (χ0n) is 16.0. The van der Waals surface area contributed by atoms with E-state index >= 15 is 0 Å². The molecule has 1 aromatic heterocycles. The molecule has 29 heavy (non-hydrogen) atoms. The third-order valence-electron chi connectivity index (χ3n) is 4.48. The summed E-state index contributed by atoms with van der Waals surface area (Å²) in [6.45, 7) is 4.07. The Balaban J connectivity index is 1.56. The van der Waals surface area contributed by atoms with Gasteiger partial charge in [0.05, 0.1) is 17.9 Å². The molecule has 7 nitrogen and oxygen atoms in total. The number of anilines is 2. The Labute approximate surface area is 171 Å². The molecule has 2 heterocycles. The zero-order chi connectivity index (χ0) is 20.4. The number of hydrogen-bond acceptors (Lipinski definition) is 6. The van der Waals surface area contributed by atoms with Crippen LogP contribution in [0.5, 0.6) is 11.5 Å². The van der Waals surface area contributed by atoms with Gasteiger partial charge in [-0.15, -0.1) is 11.3 Å². The summed E-state index contributed by atoms with van der Waals surface area (Å²) in [6.07, 6.45) is 1.74. The topological polar surface area (TPSA) is 80.8 Å². The lowest BCUT2D eigenvalue weighted by atomic mass is 10.1. The van der Waals surface area contributed by atoms with Gasteiger partial charge in [-0.25, -0.2) is 9.78 Å². The van der Waals surface area contributed by atoms with Gasteiger partial charge in [-0.05, 0) is 30.2 Å². The smallest absolute Gasteiger partial charge is 0.326 e. The number of ether oxygens (including phenoxy) is 2. The van der Waals surface area contributed by atoms with E-state index in [1.165, 1.54) is 18.3 Å². The average Bonchev–Trinajstić information content (AvgIpc) is 3.20. The van der Waals surface area contributed by atoms with Gasteiger partial charge in [-0.2, -0.15) is 0 Å². The van der Waals surface area contributed by atoms with Gasteiger partial charge >= 0.3 is 12.0 Å². The predicted molar refractivity (Wildman–Crippen MR) is 111 cm³/mol. The molecule has 8 heteroatoms. The molecule has 0 saturated heterocycles. The monoisotopic (exact) mass is 409 g/mol. The minimum absolute atomic E-state index is 0.252. The largest absolute Gasteiger partial charge is 0.486 e. The fourth-order valence-electron chi connectivity index (χ4n) is 3.10. The summed E-state index contributed by atoms with van der Waals surface area (Å²) in [5.74, 6) is 0.669. The molecule has 1 N–H and O–H groups in total. The summed E-state index contributed by atoms with van der Waals surface area (Å²) < 4.78 is 10.9. The number of aryl methyl sites for hydroxylation is 1. The molecule has 0 saturated carbocycles. The molecular formula is C21H19N3O4S. The number of amides is 2. The molecule has 2 amide bonds. The number of aromatic nitrogens is 1. The lowest BCUT2D eigenvalue weighted by molar-refractivity contribution is -0.131. The molecule has 0 bridgehead atoms. The summed E-state index contributed by atoms with van der Waals surface area (Å²) in [4.78, 5) is 29.8. The number of carbonyl (C=O) groups excluding carboxylic acids is 2. The maximum atomic E-state index is 12.8. The number of thiazole rings is 1. The van der Waals surface area contributed by atoms with Crippen molar-refractivity contribution in [3.8, 4) is 11.5 Å². The molecule has 0 aliphatic carbocycles. The highest BCUT2D eigenvalue weighted by Gasteiger charge is 2.26. The summed E-state index contributed by atoms with van der Waals surface area (Å²) in [5, 5.41) is 5.66. The van der Waals surface area contributed by atoms with Gasteiger partial charge in [0.1, 0.15) is 23.1 Å². The maximum Gasteiger partial charge on any atom is 0.326 e. The number of rotatable bonds is 5. The molecule has 0 atom stereocenters. The van der Waals surface area contributed by atoms with Crippen LogP contribution in [-0.4, -0.2) is 17.0 Å². The van der Waals surface area contributed by atoms with Crippen molar-refractivity contribution in [1.82, 2.24) is 4.98 Å². The average molecular weight is 409 g/mol. The number of benzene rings is 2. The zero-order valence-corrected chi connectivity index (χ0v) is 16.8. The second-order valence-electron chi connectivity index (χ2n) is 6.59. The highest BCUT2D eigenvalue weighted by atomic mass is 32.1. The molecule has 2 aromatic carbocycles. The van der Waals surface area contributed by atoms with E-state index in [1.807, 2.05) is 36.6 Å². The molecule has 0 radical (unpaired) electrons. The fraction of sp³-hybridized carbons (Fsp3) is 0.190. The number of hydrogen-bond donors (Lipinski definition) is 1. The Morgan fingerprint density at radius 2 is 2.07 bits per heavy atom. The van der Waals surface area contributed by atoms with Crippen LogP contribution in [0, 0.1) is 6.92 Å². The number of nitrogens with zero attached hydrogens (tertiary/aromatic N) is 2. The van der Waals surface area contributed by atoms with E-state index < -0.39 is 5.97 Å². The number of nitrogens with one attached hydrogen (secondary N) is 1. The van der Waals surface area contributed by atoms with Gasteiger partial charge in [0.15, 0.2) is 0 Å². The van der Waals surface area contributed by atoms with E-state index in [-0.39, 0.29) is 6.03 Å². The Morgan fingerprint density at radius 1 is 1.24 bits per heavy atom. The first-order valence-corrected chi connectivity index (χ1v) is 9.89. The van der Waals surface area contributed by atoms with Crippen molar-refractivity contribution in [2.45, 2.75) is 27.0 Å². The van der Waals surface area contributed by atoms with E-state index in [2.05, 4.69) is 10.3 Å². The standard InChI is InChI=1S/C21H19N3O4S/c1-13-3-5-16(27-12-20-22-7-8-29-20)10-19(13)24-11-15-4-6-17(28-14(2)25)9-18(15)23-21(24)26/h3-10H,11-12H2,1-2H3,(H,23,26). The van der Waals surface area contributed by atoms with Crippen molar-refractivity contribution in [1.29, 1.82) is 0 Å². The van der Waals surface area contributed by atoms with E-state index in [9.17, 15) is 9.59 Å². The van der Waals surface area contributed by atoms with Crippen LogP contribution in [-0.2, 0) is 17.9 Å². The molecule has 0 spiro atoms. The highest BCUT2D eigenvalue weighted by molar-refractivity contribution is 7.09. The van der Waals surface area contributed by atoms with Crippen molar-refractivity contribution in [2.75, 3.05) is 10.2 Å². The van der Waals surface area contributed by atoms with Crippen molar-refractivity contribution in [3.05, 3.63) is 64.1 Å². The van der Waals surface area contributed by atoms with Crippen LogP contribution in [0.4, 0.5) is 16.2 Å². The molecule has 1 aliphatic heterocycles. The van der Waals surface area contributed by atoms with Gasteiger partial charge in [-0.3, -0.25) is 9.69 Å². The quantitative estimate of drug-likeness (QED) is 0.495. The normalized spacial score (nSPS) is 12.9. The summed E-state index contributed by atoms with van der Waals surface area (Å²) in [7, 11) is 0. The Kier molecular flexibility index (Phi) is 5.18. The number of carbonyl (C=O) groups is 2. The van der Waals surface area contributed by atoms with E-state index in [0.717, 1.165) is 21.8 Å². The van der Waals surface area contributed by atoms with E-state index in [1.54, 1.807) is 23.2 Å². The van der Waals surface area contributed by atoms with Gasteiger partial charge in [0.25, 0.3) is 0 Å². The molecule has 3 aromatic rings. The van der Waals surface area contributed by atoms with Crippen LogP contribution in [0.1, 0.15) is 23.1 Å². The molecule has 0 fully saturated rings. The molecule has 4 rings (SSSR count). The van der Waals surface area contributed by atoms with Gasteiger partial charge < -0.3 is 14.8 Å². The molecular weight excluding hydrogens is 390 g/mol. The number of esters is 1. The minimum atomic E-state index is -0.404. The van der Waals surface area contributed by atoms with Crippen molar-refractivity contribution < 1.29 is 19.1 Å². The summed E-state index contributed by atoms with van der Waals surface area (Å²) in [6, 6.07) is 10.6. The van der Waals surface area contributed by atoms with Crippen molar-refractivity contribution in [2.24, 2.45) is 0 Å². The Bertz CT molecular complexity index is 1070. The van der Waals surface area contributed by atoms with Gasteiger partial charge in [-0.1, -0.05) is 12.1 Å². The third kappa shape index (κ3) is 4.22. The van der Waals surface area contributed by atoms with Crippen LogP contribution in [0.2, 0.25) is 0 Å². The highest BCUT2D eigenvalue weighted by Crippen LogP contribution is 2.33. The number of fused-ring (bicyclic) bond motifs is 1. The molecule has 1 aliphatic rings. The lowest BCUT2D eigenvalue weighted by Crippen LogP contribution is -2.39. The third-order valence-corrected chi connectivity index (χ3v) is 5.23. The van der Waals surface area contributed by atoms with Gasteiger partial charge in [0.2, 0.25) is 0 Å². The van der Waals surface area contributed by atoms with Crippen LogP contribution in [0.25, 0.3) is 0 Å². The predicted octanol–water partition coefficient (Wildman–Crippen LogP) is 4.51. The van der Waals surface area contributed by atoms with Crippen LogP contribution in [0.3, 0.4) is 0 Å². The first-order valence-electron chi connectivity index (χ1n) is 9.01. The Hall–Kier alpha value is -3.39. The van der Waals surface area contributed by atoms with E-state index in [4.69, 9.17) is 9.47 Å². The van der Waals surface area contributed by atoms with Gasteiger partial charge in [0, 0.05) is 30.6 Å². The van der Waals surface area contributed by atoms with Crippen molar-refractivity contribution in [3.63, 3.8) is 0 Å². The molecule has 148 valence electrons. The van der Waals surface area contributed by atoms with E-state index in [0.29, 0.717) is 30.3 Å². The SMILES string of the molecule is CC(=O)Oc1ccc2c(c1)NC(=O)N(c1cc(OCc3nccs3)ccc1C)C2. The first-order chi connectivity index (χ1) is 14.0. The second-order valence-corrected chi connectivity index (χ2v) is 7.57. The molecule has 0 unspecified atom stereocenters. The first kappa shape index (κ1) is 18.9. The lowest BCUT2D eigenvalue weighted by Gasteiger charge is -2.31. The second kappa shape index (κ2) is 7.92. The Morgan fingerprint density at radius 3 is 2.83 bits per heavy atom. The number of urea groups is 1. The van der Waals surface area contributed by atoms with Crippen molar-refractivity contribution >= 4 is 34.7 Å². The summed E-state index contributed by atoms with van der Waals surface area (Å²) >= 11 is 1.53. The summed E-state index contributed by atoms with van der Waals surface area (Å²) in [5.41, 5.74) is 3.29. The van der Waals surface area contributed by atoms with Crippen LogP contribution in [0.15, 0.2) is 48.0 Å².